The number of aromatic nitrogens is 1. The molecule has 0 atom stereocenters. The van der Waals surface area contributed by atoms with Crippen molar-refractivity contribution in [3.8, 4) is 0 Å². The highest BCUT2D eigenvalue weighted by Crippen LogP contribution is 2.39. The van der Waals surface area contributed by atoms with E-state index in [9.17, 15) is 4.79 Å². The van der Waals surface area contributed by atoms with E-state index in [0.717, 1.165) is 29.3 Å². The molecule has 3 aromatic rings. The van der Waals surface area contributed by atoms with E-state index in [4.69, 9.17) is 0 Å². The number of fused-ring (bicyclic) bond motifs is 1. The monoisotopic (exact) mass is 303 g/mol. The van der Waals surface area contributed by atoms with Crippen LogP contribution in [0.3, 0.4) is 0 Å². The molecule has 0 saturated heterocycles. The second-order valence-electron chi connectivity index (χ2n) is 6.60. The van der Waals surface area contributed by atoms with E-state index < -0.39 is 0 Å². The van der Waals surface area contributed by atoms with Gasteiger partial charge >= 0.3 is 0 Å². The first-order valence-corrected chi connectivity index (χ1v) is 8.48. The van der Waals surface area contributed by atoms with Gasteiger partial charge in [-0.3, -0.25) is 4.79 Å². The first-order valence-electron chi connectivity index (χ1n) is 8.48. The Morgan fingerprint density at radius 1 is 0.783 bits per heavy atom. The third-order valence-electron chi connectivity index (χ3n) is 5.21. The average molecular weight is 303 g/mol. The van der Waals surface area contributed by atoms with Crippen LogP contribution >= 0.6 is 0 Å². The maximum Gasteiger partial charge on any atom is 0.256 e. The summed E-state index contributed by atoms with van der Waals surface area (Å²) in [6.45, 7) is 0. The largest absolute Gasteiger partial charge is 0.325 e. The molecule has 0 unspecified atom stereocenters. The van der Waals surface area contributed by atoms with Crippen molar-refractivity contribution in [1.82, 2.24) is 4.98 Å². The average Bonchev–Trinajstić information content (AvgIpc) is 2.63. The van der Waals surface area contributed by atoms with Crippen LogP contribution in [-0.2, 0) is 0 Å². The number of aromatic amines is 1. The SMILES string of the molecule is O=c1[nH]c(C2CCC(c3ccccc3)CC2)cc2ccccc12. The molecule has 1 aromatic heterocycles. The van der Waals surface area contributed by atoms with Gasteiger partial charge in [0.1, 0.15) is 0 Å². The van der Waals surface area contributed by atoms with E-state index in [1.807, 2.05) is 24.3 Å². The van der Waals surface area contributed by atoms with E-state index in [2.05, 4.69) is 41.4 Å². The fourth-order valence-corrected chi connectivity index (χ4v) is 3.91. The summed E-state index contributed by atoms with van der Waals surface area (Å²) in [5, 5.41) is 1.84. The molecule has 0 spiro atoms. The summed E-state index contributed by atoms with van der Waals surface area (Å²) in [5.74, 6) is 1.15. The molecule has 2 aromatic carbocycles. The maximum atomic E-state index is 12.3. The van der Waals surface area contributed by atoms with Gasteiger partial charge in [0.05, 0.1) is 0 Å². The van der Waals surface area contributed by atoms with Crippen LogP contribution in [0, 0.1) is 0 Å². The predicted molar refractivity (Wildman–Crippen MR) is 95.0 cm³/mol. The molecule has 2 heteroatoms. The normalized spacial score (nSPS) is 21.4. The zero-order valence-corrected chi connectivity index (χ0v) is 13.2. The summed E-state index contributed by atoms with van der Waals surface area (Å²) < 4.78 is 0. The van der Waals surface area contributed by atoms with Gasteiger partial charge in [-0.15, -0.1) is 0 Å². The number of H-pyrrole nitrogens is 1. The molecule has 1 heterocycles. The first kappa shape index (κ1) is 14.3. The van der Waals surface area contributed by atoms with Gasteiger partial charge in [0.25, 0.3) is 5.56 Å². The molecule has 1 N–H and O–H groups in total. The molecule has 1 aliphatic rings. The second-order valence-corrected chi connectivity index (χ2v) is 6.60. The highest BCUT2D eigenvalue weighted by molar-refractivity contribution is 5.81. The molecule has 0 amide bonds. The Balaban J connectivity index is 1.56. The van der Waals surface area contributed by atoms with Crippen molar-refractivity contribution < 1.29 is 0 Å². The van der Waals surface area contributed by atoms with E-state index in [1.54, 1.807) is 0 Å². The van der Waals surface area contributed by atoms with E-state index in [1.165, 1.54) is 18.4 Å². The number of pyridine rings is 1. The maximum absolute atomic E-state index is 12.3. The fraction of sp³-hybridized carbons (Fsp3) is 0.286. The van der Waals surface area contributed by atoms with Crippen molar-refractivity contribution in [3.63, 3.8) is 0 Å². The summed E-state index contributed by atoms with van der Waals surface area (Å²) in [6.07, 6.45) is 4.69. The molecular weight excluding hydrogens is 282 g/mol. The fourth-order valence-electron chi connectivity index (χ4n) is 3.91. The molecular formula is C21H21NO. The number of nitrogens with one attached hydrogen (secondary N) is 1. The molecule has 23 heavy (non-hydrogen) atoms. The lowest BCUT2D eigenvalue weighted by atomic mass is 9.77. The number of hydrogen-bond acceptors (Lipinski definition) is 1. The van der Waals surface area contributed by atoms with Gasteiger partial charge in [0, 0.05) is 11.1 Å². The highest BCUT2D eigenvalue weighted by atomic mass is 16.1. The molecule has 1 saturated carbocycles. The topological polar surface area (TPSA) is 32.9 Å². The van der Waals surface area contributed by atoms with Crippen LogP contribution in [0.1, 0.15) is 48.8 Å². The molecule has 0 aliphatic heterocycles. The molecule has 0 radical (unpaired) electrons. The number of hydrogen-bond donors (Lipinski definition) is 1. The molecule has 116 valence electrons. The summed E-state index contributed by atoms with van der Waals surface area (Å²) in [5.41, 5.74) is 2.61. The van der Waals surface area contributed by atoms with Crippen molar-refractivity contribution in [2.24, 2.45) is 0 Å². The Kier molecular flexibility index (Phi) is 3.74. The molecule has 0 bridgehead atoms. The summed E-state index contributed by atoms with van der Waals surface area (Å²) in [4.78, 5) is 15.4. The number of rotatable bonds is 2. The van der Waals surface area contributed by atoms with Crippen LogP contribution in [-0.4, -0.2) is 4.98 Å². The molecule has 1 fully saturated rings. The van der Waals surface area contributed by atoms with Gasteiger partial charge < -0.3 is 4.98 Å². The smallest absolute Gasteiger partial charge is 0.256 e. The number of benzene rings is 2. The molecule has 2 nitrogen and oxygen atoms in total. The third-order valence-corrected chi connectivity index (χ3v) is 5.21. The van der Waals surface area contributed by atoms with Gasteiger partial charge in [-0.25, -0.2) is 0 Å². The van der Waals surface area contributed by atoms with Gasteiger partial charge in [-0.05, 0) is 60.6 Å². The van der Waals surface area contributed by atoms with Gasteiger partial charge in [0.2, 0.25) is 0 Å². The summed E-state index contributed by atoms with van der Waals surface area (Å²) >= 11 is 0. The molecule has 4 rings (SSSR count). The van der Waals surface area contributed by atoms with Crippen LogP contribution < -0.4 is 5.56 Å². The minimum absolute atomic E-state index is 0.0447. The van der Waals surface area contributed by atoms with Crippen LogP contribution in [0.4, 0.5) is 0 Å². The minimum atomic E-state index is 0.0447. The lowest BCUT2D eigenvalue weighted by Crippen LogP contribution is -2.17. The van der Waals surface area contributed by atoms with Crippen molar-refractivity contribution in [1.29, 1.82) is 0 Å². The Hall–Kier alpha value is -2.35. The van der Waals surface area contributed by atoms with E-state index in [0.29, 0.717) is 11.8 Å². The van der Waals surface area contributed by atoms with Crippen molar-refractivity contribution in [3.05, 3.63) is 82.3 Å². The first-order chi connectivity index (χ1) is 11.3. The van der Waals surface area contributed by atoms with Gasteiger partial charge in [-0.2, -0.15) is 0 Å². The third kappa shape index (κ3) is 2.81. The zero-order valence-electron chi connectivity index (χ0n) is 13.2. The predicted octanol–water partition coefficient (Wildman–Crippen LogP) is 4.97. The Morgan fingerprint density at radius 2 is 1.43 bits per heavy atom. The lowest BCUT2D eigenvalue weighted by molar-refractivity contribution is 0.391. The van der Waals surface area contributed by atoms with E-state index in [-0.39, 0.29) is 5.56 Å². The molecule has 1 aliphatic carbocycles. The highest BCUT2D eigenvalue weighted by Gasteiger charge is 2.24. The van der Waals surface area contributed by atoms with Crippen LogP contribution in [0.2, 0.25) is 0 Å². The minimum Gasteiger partial charge on any atom is -0.325 e. The Morgan fingerprint density at radius 3 is 2.22 bits per heavy atom. The lowest BCUT2D eigenvalue weighted by Gasteiger charge is -2.29. The van der Waals surface area contributed by atoms with Crippen LogP contribution in [0.15, 0.2) is 65.5 Å². The van der Waals surface area contributed by atoms with Crippen molar-refractivity contribution in [2.75, 3.05) is 0 Å². The van der Waals surface area contributed by atoms with Gasteiger partial charge in [0.15, 0.2) is 0 Å². The Labute approximate surface area is 136 Å². The van der Waals surface area contributed by atoms with Gasteiger partial charge in [-0.1, -0.05) is 48.5 Å². The Bertz CT molecular complexity index is 858. The summed E-state index contributed by atoms with van der Waals surface area (Å²) in [6, 6.07) is 20.8. The summed E-state index contributed by atoms with van der Waals surface area (Å²) in [7, 11) is 0. The quantitative estimate of drug-likeness (QED) is 0.712. The van der Waals surface area contributed by atoms with Crippen molar-refractivity contribution in [2.45, 2.75) is 37.5 Å². The van der Waals surface area contributed by atoms with Crippen LogP contribution in [0.25, 0.3) is 10.8 Å². The van der Waals surface area contributed by atoms with E-state index >= 15 is 0 Å². The standard InChI is InChI=1S/C21H21NO/c23-21-19-9-5-4-8-18(19)14-20(22-21)17-12-10-16(11-13-17)15-6-2-1-3-7-15/h1-9,14,16-17H,10-13H2,(H,22,23). The van der Waals surface area contributed by atoms with Crippen LogP contribution in [0.5, 0.6) is 0 Å². The van der Waals surface area contributed by atoms with Crippen molar-refractivity contribution >= 4 is 10.8 Å². The second kappa shape index (κ2) is 6.04. The zero-order chi connectivity index (χ0) is 15.6.